The van der Waals surface area contributed by atoms with Crippen molar-refractivity contribution in [1.82, 2.24) is 15.0 Å². The second kappa shape index (κ2) is 6.91. The van der Waals surface area contributed by atoms with E-state index in [4.69, 9.17) is 25.8 Å². The molecular formula is C13H14ClN3O3. The van der Waals surface area contributed by atoms with Crippen LogP contribution in [0.15, 0.2) is 24.3 Å². The zero-order valence-corrected chi connectivity index (χ0v) is 11.9. The molecule has 1 aromatic heterocycles. The van der Waals surface area contributed by atoms with Crippen molar-refractivity contribution in [3.05, 3.63) is 35.1 Å². The number of ether oxygens (including phenoxy) is 3. The Labute approximate surface area is 121 Å². The van der Waals surface area contributed by atoms with Gasteiger partial charge in [0.2, 0.25) is 5.28 Å². The minimum absolute atomic E-state index is 0.0354. The quantitative estimate of drug-likeness (QED) is 0.816. The fraction of sp³-hybridized carbons (Fsp3) is 0.308. The van der Waals surface area contributed by atoms with E-state index < -0.39 is 0 Å². The summed E-state index contributed by atoms with van der Waals surface area (Å²) in [4.78, 5) is 11.7. The van der Waals surface area contributed by atoms with Gasteiger partial charge in [-0.2, -0.15) is 9.97 Å². The van der Waals surface area contributed by atoms with Gasteiger partial charge >= 0.3 is 12.0 Å². The molecule has 20 heavy (non-hydrogen) atoms. The Kier molecular flexibility index (Phi) is 4.95. The van der Waals surface area contributed by atoms with E-state index in [1.54, 1.807) is 7.11 Å². The van der Waals surface area contributed by atoms with Gasteiger partial charge in [0.05, 0.1) is 13.7 Å². The highest BCUT2D eigenvalue weighted by Crippen LogP contribution is 2.16. The Bertz CT molecular complexity index is 563. The fourth-order valence-electron chi connectivity index (χ4n) is 1.44. The Morgan fingerprint density at radius 3 is 2.25 bits per heavy atom. The van der Waals surface area contributed by atoms with Crippen LogP contribution in [0, 0.1) is 0 Å². The summed E-state index contributed by atoms with van der Waals surface area (Å²) in [5, 5.41) is 0.0354. The number of aromatic nitrogens is 3. The number of methoxy groups -OCH3 is 1. The first kappa shape index (κ1) is 14.3. The van der Waals surface area contributed by atoms with E-state index in [9.17, 15) is 0 Å². The average Bonchev–Trinajstić information content (AvgIpc) is 2.45. The molecule has 0 bridgehead atoms. The largest absolute Gasteiger partial charge is 0.497 e. The van der Waals surface area contributed by atoms with Gasteiger partial charge in [-0.3, -0.25) is 0 Å². The third-order valence-corrected chi connectivity index (χ3v) is 2.54. The van der Waals surface area contributed by atoms with Crippen LogP contribution < -0.4 is 14.2 Å². The van der Waals surface area contributed by atoms with E-state index in [1.807, 2.05) is 31.2 Å². The van der Waals surface area contributed by atoms with E-state index in [0.717, 1.165) is 11.3 Å². The van der Waals surface area contributed by atoms with Crippen LogP contribution in [0.25, 0.3) is 0 Å². The van der Waals surface area contributed by atoms with Gasteiger partial charge in [-0.1, -0.05) is 12.1 Å². The van der Waals surface area contributed by atoms with Gasteiger partial charge in [0, 0.05) is 0 Å². The zero-order valence-electron chi connectivity index (χ0n) is 11.2. The first-order valence-electron chi connectivity index (χ1n) is 6.01. The van der Waals surface area contributed by atoms with E-state index >= 15 is 0 Å². The topological polar surface area (TPSA) is 66.4 Å². The monoisotopic (exact) mass is 295 g/mol. The molecule has 0 spiro atoms. The molecule has 2 aromatic rings. The Morgan fingerprint density at radius 1 is 1.00 bits per heavy atom. The number of nitrogens with zero attached hydrogens (tertiary/aromatic N) is 3. The number of rotatable bonds is 6. The second-order valence-electron chi connectivity index (χ2n) is 3.74. The van der Waals surface area contributed by atoms with Crippen LogP contribution in [0.5, 0.6) is 17.8 Å². The molecule has 1 aromatic carbocycles. The van der Waals surface area contributed by atoms with Crippen molar-refractivity contribution in [3.63, 3.8) is 0 Å². The molecular weight excluding hydrogens is 282 g/mol. The van der Waals surface area contributed by atoms with E-state index in [-0.39, 0.29) is 17.3 Å². The van der Waals surface area contributed by atoms with Gasteiger partial charge in [-0.05, 0) is 36.2 Å². The molecule has 0 saturated carbocycles. The molecule has 6 nitrogen and oxygen atoms in total. The predicted molar refractivity (Wildman–Crippen MR) is 73.3 cm³/mol. The Morgan fingerprint density at radius 2 is 1.65 bits per heavy atom. The highest BCUT2D eigenvalue weighted by Gasteiger charge is 2.07. The summed E-state index contributed by atoms with van der Waals surface area (Å²) in [7, 11) is 1.62. The lowest BCUT2D eigenvalue weighted by atomic mass is 10.2. The third kappa shape index (κ3) is 3.96. The lowest BCUT2D eigenvalue weighted by Crippen LogP contribution is -2.04. The normalized spacial score (nSPS) is 10.2. The molecule has 0 saturated heterocycles. The fourth-order valence-corrected chi connectivity index (χ4v) is 1.59. The van der Waals surface area contributed by atoms with Crippen molar-refractivity contribution in [3.8, 4) is 17.8 Å². The van der Waals surface area contributed by atoms with Crippen LogP contribution in [0.4, 0.5) is 0 Å². The predicted octanol–water partition coefficient (Wildman–Crippen LogP) is 2.51. The molecule has 106 valence electrons. The van der Waals surface area contributed by atoms with E-state index in [0.29, 0.717) is 13.2 Å². The summed E-state index contributed by atoms with van der Waals surface area (Å²) in [5.41, 5.74) is 0.959. The maximum absolute atomic E-state index is 5.77. The minimum Gasteiger partial charge on any atom is -0.497 e. The maximum atomic E-state index is 5.77. The number of halogens is 1. The lowest BCUT2D eigenvalue weighted by Gasteiger charge is -2.07. The summed E-state index contributed by atoms with van der Waals surface area (Å²) < 4.78 is 15.7. The van der Waals surface area contributed by atoms with Crippen LogP contribution >= 0.6 is 11.6 Å². The third-order valence-electron chi connectivity index (χ3n) is 2.37. The molecule has 1 heterocycles. The van der Waals surface area contributed by atoms with Crippen LogP contribution in [-0.4, -0.2) is 28.7 Å². The molecule has 0 unspecified atom stereocenters. The van der Waals surface area contributed by atoms with Gasteiger partial charge in [0.25, 0.3) is 0 Å². The van der Waals surface area contributed by atoms with Gasteiger partial charge in [0.15, 0.2) is 0 Å². The average molecular weight is 296 g/mol. The molecule has 0 N–H and O–H groups in total. The van der Waals surface area contributed by atoms with Gasteiger partial charge in [-0.15, -0.1) is 4.98 Å². The summed E-state index contributed by atoms with van der Waals surface area (Å²) in [6, 6.07) is 7.77. The van der Waals surface area contributed by atoms with E-state index in [2.05, 4.69) is 15.0 Å². The van der Waals surface area contributed by atoms with Crippen LogP contribution in [0.2, 0.25) is 5.28 Å². The second-order valence-corrected chi connectivity index (χ2v) is 4.08. The van der Waals surface area contributed by atoms with Crippen molar-refractivity contribution in [1.29, 1.82) is 0 Å². The Balaban J connectivity index is 2.02. The maximum Gasteiger partial charge on any atom is 0.324 e. The highest BCUT2D eigenvalue weighted by atomic mass is 35.5. The molecule has 2 rings (SSSR count). The van der Waals surface area contributed by atoms with Crippen LogP contribution in [0.3, 0.4) is 0 Å². The highest BCUT2D eigenvalue weighted by molar-refractivity contribution is 6.28. The summed E-state index contributed by atoms with van der Waals surface area (Å²) >= 11 is 5.77. The number of hydrogen-bond donors (Lipinski definition) is 0. The van der Waals surface area contributed by atoms with Gasteiger partial charge in [-0.25, -0.2) is 0 Å². The SMILES string of the molecule is CCOc1nc(Cl)nc(OCc2ccc(OC)cc2)n1. The van der Waals surface area contributed by atoms with Crippen molar-refractivity contribution < 1.29 is 14.2 Å². The molecule has 7 heteroatoms. The number of hydrogen-bond acceptors (Lipinski definition) is 6. The standard InChI is InChI=1S/C13H14ClN3O3/c1-3-19-12-15-11(14)16-13(17-12)20-8-9-4-6-10(18-2)7-5-9/h4-7H,3,8H2,1-2H3. The molecule has 0 amide bonds. The smallest absolute Gasteiger partial charge is 0.324 e. The zero-order chi connectivity index (χ0) is 14.4. The van der Waals surface area contributed by atoms with Gasteiger partial charge in [0.1, 0.15) is 12.4 Å². The molecule has 0 atom stereocenters. The first-order chi connectivity index (χ1) is 9.71. The molecule has 0 aliphatic carbocycles. The first-order valence-corrected chi connectivity index (χ1v) is 6.39. The molecule has 0 aliphatic heterocycles. The Hall–Kier alpha value is -2.08. The summed E-state index contributed by atoms with van der Waals surface area (Å²) in [5.74, 6) is 0.788. The van der Waals surface area contributed by atoms with Crippen molar-refractivity contribution >= 4 is 11.6 Å². The van der Waals surface area contributed by atoms with Crippen molar-refractivity contribution in [2.75, 3.05) is 13.7 Å². The molecule has 0 aliphatic rings. The van der Waals surface area contributed by atoms with Crippen LogP contribution in [0.1, 0.15) is 12.5 Å². The van der Waals surface area contributed by atoms with Crippen molar-refractivity contribution in [2.45, 2.75) is 13.5 Å². The minimum atomic E-state index is 0.0354. The summed E-state index contributed by atoms with van der Waals surface area (Å²) in [6.45, 7) is 2.59. The lowest BCUT2D eigenvalue weighted by molar-refractivity contribution is 0.261. The summed E-state index contributed by atoms with van der Waals surface area (Å²) in [6.07, 6.45) is 0. The van der Waals surface area contributed by atoms with Crippen molar-refractivity contribution in [2.24, 2.45) is 0 Å². The van der Waals surface area contributed by atoms with Crippen LogP contribution in [-0.2, 0) is 6.61 Å². The molecule has 0 fully saturated rings. The van der Waals surface area contributed by atoms with Gasteiger partial charge < -0.3 is 14.2 Å². The number of benzene rings is 1. The molecule has 0 radical (unpaired) electrons. The van der Waals surface area contributed by atoms with E-state index in [1.165, 1.54) is 0 Å².